The number of nitrogens with zero attached hydrogens (tertiary/aromatic N) is 1. The lowest BCUT2D eigenvalue weighted by Crippen LogP contribution is -2.00. The van der Waals surface area contributed by atoms with E-state index in [1.165, 1.54) is 0 Å². The monoisotopic (exact) mass is 88.1 g/mol. The number of hydrogen-bond donors (Lipinski definition) is 0. The van der Waals surface area contributed by atoms with Gasteiger partial charge >= 0.3 is 0 Å². The number of halogens is 1. The van der Waals surface area contributed by atoms with Crippen molar-refractivity contribution < 1.29 is 4.39 Å². The van der Waals surface area contributed by atoms with Gasteiger partial charge in [-0.1, -0.05) is 0 Å². The van der Waals surface area contributed by atoms with Crippen LogP contribution < -0.4 is 5.32 Å². The molecule has 1 aliphatic rings. The van der Waals surface area contributed by atoms with Crippen molar-refractivity contribution in [3.8, 4) is 0 Å². The van der Waals surface area contributed by atoms with Crippen LogP contribution in [0.4, 0.5) is 4.39 Å². The van der Waals surface area contributed by atoms with Crippen LogP contribution in [-0.4, -0.2) is 19.3 Å². The molecule has 35 valence electrons. The van der Waals surface area contributed by atoms with Crippen LogP contribution in [0.15, 0.2) is 0 Å². The zero-order valence-corrected chi connectivity index (χ0v) is 3.52. The van der Waals surface area contributed by atoms with Crippen molar-refractivity contribution in [1.29, 1.82) is 0 Å². The van der Waals surface area contributed by atoms with Crippen molar-refractivity contribution in [3.63, 3.8) is 0 Å². The molecule has 0 aliphatic carbocycles. The minimum absolute atomic E-state index is 0.444. The third-order valence-corrected chi connectivity index (χ3v) is 0.928. The van der Waals surface area contributed by atoms with Gasteiger partial charge < -0.3 is 0 Å². The molecule has 0 amide bonds. The average molecular weight is 88.1 g/mol. The summed E-state index contributed by atoms with van der Waals surface area (Å²) < 4.78 is 11.8. The van der Waals surface area contributed by atoms with Crippen molar-refractivity contribution >= 4 is 0 Å². The Morgan fingerprint density at radius 2 is 2.50 bits per heavy atom. The lowest BCUT2D eigenvalue weighted by Gasteiger charge is -1.85. The SMILES string of the molecule is FC1CC[N]C1. The summed E-state index contributed by atoms with van der Waals surface area (Å²) in [5.41, 5.74) is 0. The Bertz CT molecular complexity index is 40.8. The van der Waals surface area contributed by atoms with E-state index >= 15 is 0 Å². The Kier molecular flexibility index (Phi) is 1.05. The Balaban J connectivity index is 2.18. The first-order valence-electron chi connectivity index (χ1n) is 2.17. The van der Waals surface area contributed by atoms with Gasteiger partial charge in [-0.3, -0.25) is 0 Å². The van der Waals surface area contributed by atoms with E-state index < -0.39 is 6.17 Å². The minimum Gasteiger partial charge on any atom is -0.246 e. The fourth-order valence-electron chi connectivity index (χ4n) is 0.554. The summed E-state index contributed by atoms with van der Waals surface area (Å²) in [5, 5.41) is 3.79. The maximum atomic E-state index is 11.8. The Labute approximate surface area is 36.5 Å². The third-order valence-electron chi connectivity index (χ3n) is 0.928. The van der Waals surface area contributed by atoms with Crippen molar-refractivity contribution in [2.75, 3.05) is 13.1 Å². The van der Waals surface area contributed by atoms with Crippen molar-refractivity contribution in [2.24, 2.45) is 0 Å². The smallest absolute Gasteiger partial charge is 0.115 e. The molecule has 2 heteroatoms. The van der Waals surface area contributed by atoms with Crippen LogP contribution in [0.5, 0.6) is 0 Å². The van der Waals surface area contributed by atoms with Gasteiger partial charge in [0.05, 0.1) is 0 Å². The van der Waals surface area contributed by atoms with Gasteiger partial charge in [0.15, 0.2) is 0 Å². The van der Waals surface area contributed by atoms with E-state index in [9.17, 15) is 4.39 Å². The van der Waals surface area contributed by atoms with E-state index in [2.05, 4.69) is 5.32 Å². The fraction of sp³-hybridized carbons (Fsp3) is 1.00. The second-order valence-electron chi connectivity index (χ2n) is 1.52. The Morgan fingerprint density at radius 3 is 2.67 bits per heavy atom. The van der Waals surface area contributed by atoms with Crippen LogP contribution in [0.2, 0.25) is 0 Å². The predicted molar refractivity (Wildman–Crippen MR) is 21.4 cm³/mol. The fourth-order valence-corrected chi connectivity index (χ4v) is 0.554. The van der Waals surface area contributed by atoms with Crippen LogP contribution in [0.1, 0.15) is 6.42 Å². The Morgan fingerprint density at radius 1 is 1.67 bits per heavy atom. The van der Waals surface area contributed by atoms with Crippen LogP contribution in [0, 0.1) is 0 Å². The van der Waals surface area contributed by atoms with Gasteiger partial charge in [0.25, 0.3) is 0 Å². The zero-order valence-electron chi connectivity index (χ0n) is 3.52. The topological polar surface area (TPSA) is 14.1 Å². The number of hydrogen-bond acceptors (Lipinski definition) is 0. The third kappa shape index (κ3) is 0.684. The van der Waals surface area contributed by atoms with Gasteiger partial charge in [-0.25, -0.2) is 9.71 Å². The van der Waals surface area contributed by atoms with E-state index in [4.69, 9.17) is 0 Å². The maximum Gasteiger partial charge on any atom is 0.115 e. The molecule has 1 rings (SSSR count). The highest BCUT2D eigenvalue weighted by atomic mass is 19.1. The van der Waals surface area contributed by atoms with Crippen LogP contribution >= 0.6 is 0 Å². The summed E-state index contributed by atoms with van der Waals surface area (Å²) in [6.45, 7) is 1.18. The zero-order chi connectivity index (χ0) is 4.41. The molecule has 0 aromatic rings. The van der Waals surface area contributed by atoms with Gasteiger partial charge in [-0.15, -0.1) is 0 Å². The summed E-state index contributed by atoms with van der Waals surface area (Å²) in [6.07, 6.45) is 0.0324. The maximum absolute atomic E-state index is 11.8. The highest BCUT2D eigenvalue weighted by Crippen LogP contribution is 2.01. The molecule has 6 heavy (non-hydrogen) atoms. The molecule has 0 spiro atoms. The van der Waals surface area contributed by atoms with E-state index in [1.807, 2.05) is 0 Å². The van der Waals surface area contributed by atoms with Crippen molar-refractivity contribution in [3.05, 3.63) is 0 Å². The van der Waals surface area contributed by atoms with E-state index in [-0.39, 0.29) is 0 Å². The van der Waals surface area contributed by atoms with Crippen LogP contribution in [-0.2, 0) is 0 Å². The predicted octanol–water partition coefficient (Wildman–Crippen LogP) is 0.333. The molecular formula is C4H7FN. The molecule has 1 atom stereocenters. The van der Waals surface area contributed by atoms with E-state index in [1.54, 1.807) is 0 Å². The first-order chi connectivity index (χ1) is 2.89. The summed E-state index contributed by atoms with van der Waals surface area (Å²) in [7, 11) is 0. The Hall–Kier alpha value is -0.110. The average Bonchev–Trinajstić information content (AvgIpc) is 1.86. The van der Waals surface area contributed by atoms with E-state index in [0.29, 0.717) is 13.0 Å². The van der Waals surface area contributed by atoms with Gasteiger partial charge in [0.1, 0.15) is 6.17 Å². The van der Waals surface area contributed by atoms with Gasteiger partial charge in [-0.2, -0.15) is 0 Å². The lowest BCUT2D eigenvalue weighted by molar-refractivity contribution is 0.361. The minimum atomic E-state index is -0.620. The highest BCUT2D eigenvalue weighted by Gasteiger charge is 2.11. The first kappa shape index (κ1) is 4.06. The molecule has 0 aromatic heterocycles. The largest absolute Gasteiger partial charge is 0.246 e. The standard InChI is InChI=1S/C4H7FN/c5-4-1-2-6-3-4/h4H,1-3H2. The molecule has 1 radical (unpaired) electrons. The van der Waals surface area contributed by atoms with Crippen LogP contribution in [0.3, 0.4) is 0 Å². The quantitative estimate of drug-likeness (QED) is 0.405. The molecule has 0 saturated carbocycles. The van der Waals surface area contributed by atoms with Crippen molar-refractivity contribution in [1.82, 2.24) is 5.32 Å². The molecule has 1 aliphatic heterocycles. The summed E-state index contributed by atoms with van der Waals surface area (Å²) >= 11 is 0. The van der Waals surface area contributed by atoms with Gasteiger partial charge in [0, 0.05) is 13.1 Å². The molecule has 1 saturated heterocycles. The van der Waals surface area contributed by atoms with Crippen molar-refractivity contribution in [2.45, 2.75) is 12.6 Å². The van der Waals surface area contributed by atoms with E-state index in [0.717, 1.165) is 6.54 Å². The molecule has 0 bridgehead atoms. The number of alkyl halides is 1. The first-order valence-corrected chi connectivity index (χ1v) is 2.17. The molecule has 1 fully saturated rings. The second kappa shape index (κ2) is 1.56. The number of rotatable bonds is 0. The molecule has 1 nitrogen and oxygen atoms in total. The summed E-state index contributed by atoms with van der Waals surface area (Å²) in [6, 6.07) is 0. The molecule has 0 aromatic carbocycles. The normalized spacial score (nSPS) is 34.5. The van der Waals surface area contributed by atoms with Gasteiger partial charge in [0.2, 0.25) is 0 Å². The molecule has 0 N–H and O–H groups in total. The summed E-state index contributed by atoms with van der Waals surface area (Å²) in [4.78, 5) is 0. The molecular weight excluding hydrogens is 81.0 g/mol. The molecule has 1 heterocycles. The highest BCUT2D eigenvalue weighted by molar-refractivity contribution is 4.67. The van der Waals surface area contributed by atoms with Gasteiger partial charge in [-0.05, 0) is 6.42 Å². The lowest BCUT2D eigenvalue weighted by atomic mass is 10.4. The summed E-state index contributed by atoms with van der Waals surface area (Å²) in [5.74, 6) is 0. The second-order valence-corrected chi connectivity index (χ2v) is 1.52. The van der Waals surface area contributed by atoms with Crippen LogP contribution in [0.25, 0.3) is 0 Å². The molecule has 1 unspecified atom stereocenters.